The normalized spacial score (nSPS) is 20.8. The molecule has 1 atom stereocenters. The topological polar surface area (TPSA) is 32.3 Å². The van der Waals surface area contributed by atoms with Crippen LogP contribution < -0.4 is 5.32 Å². The summed E-state index contributed by atoms with van der Waals surface area (Å²) in [6.45, 7) is 3.04. The molecular formula is C12H17NOS. The smallest absolute Gasteiger partial charge is 0.118 e. The maximum Gasteiger partial charge on any atom is 0.118 e. The number of hydrogen-bond acceptors (Lipinski definition) is 3. The average Bonchev–Trinajstić information content (AvgIpc) is 2.74. The summed E-state index contributed by atoms with van der Waals surface area (Å²) < 4.78 is 0. The van der Waals surface area contributed by atoms with Gasteiger partial charge >= 0.3 is 0 Å². The molecule has 2 N–H and O–H groups in total. The second-order valence-electron chi connectivity index (χ2n) is 4.03. The Labute approximate surface area is 95.1 Å². The lowest BCUT2D eigenvalue weighted by Gasteiger charge is -2.16. The molecule has 1 aromatic rings. The summed E-state index contributed by atoms with van der Waals surface area (Å²) in [5.74, 6) is 0.413. The molecule has 3 heteroatoms. The van der Waals surface area contributed by atoms with Gasteiger partial charge in [0.1, 0.15) is 5.75 Å². The van der Waals surface area contributed by atoms with E-state index >= 15 is 0 Å². The van der Waals surface area contributed by atoms with E-state index in [9.17, 15) is 5.11 Å². The highest BCUT2D eigenvalue weighted by molar-refractivity contribution is 7.98. The van der Waals surface area contributed by atoms with Crippen LogP contribution in [-0.4, -0.2) is 17.9 Å². The monoisotopic (exact) mass is 223 g/mol. The molecule has 1 aliphatic rings. The van der Waals surface area contributed by atoms with Crippen LogP contribution in [0.5, 0.6) is 5.75 Å². The number of hydrogen-bond donors (Lipinski definition) is 2. The predicted octanol–water partition coefficient (Wildman–Crippen LogP) is 2.85. The van der Waals surface area contributed by atoms with Crippen LogP contribution in [0.15, 0.2) is 17.0 Å². The van der Waals surface area contributed by atoms with Gasteiger partial charge in [0.25, 0.3) is 0 Å². The van der Waals surface area contributed by atoms with Gasteiger partial charge in [0, 0.05) is 10.9 Å². The molecule has 0 bridgehead atoms. The molecule has 0 saturated carbocycles. The number of thioether (sulfide) groups is 1. The Morgan fingerprint density at radius 1 is 1.47 bits per heavy atom. The third kappa shape index (κ3) is 2.13. The first-order chi connectivity index (χ1) is 7.22. The standard InChI is InChI=1S/C12H17NOS/c1-8-6-12(15-2)9(7-11(8)14)10-4-3-5-13-10/h6-7,10,13-14H,3-5H2,1-2H3. The molecule has 1 heterocycles. The van der Waals surface area contributed by atoms with Crippen molar-refractivity contribution < 1.29 is 5.11 Å². The van der Waals surface area contributed by atoms with Crippen LogP contribution in [0.3, 0.4) is 0 Å². The van der Waals surface area contributed by atoms with E-state index in [1.807, 2.05) is 13.0 Å². The van der Waals surface area contributed by atoms with Crippen molar-refractivity contribution in [2.75, 3.05) is 12.8 Å². The van der Waals surface area contributed by atoms with E-state index in [1.54, 1.807) is 11.8 Å². The summed E-state index contributed by atoms with van der Waals surface area (Å²) in [5.41, 5.74) is 2.21. The molecular weight excluding hydrogens is 206 g/mol. The molecule has 0 spiro atoms. The summed E-state index contributed by atoms with van der Waals surface area (Å²) in [5, 5.41) is 13.2. The van der Waals surface area contributed by atoms with E-state index < -0.39 is 0 Å². The van der Waals surface area contributed by atoms with Gasteiger partial charge in [0.05, 0.1) is 0 Å². The first kappa shape index (κ1) is 10.8. The summed E-state index contributed by atoms with van der Waals surface area (Å²) in [7, 11) is 0. The first-order valence-electron chi connectivity index (χ1n) is 5.33. The van der Waals surface area contributed by atoms with Gasteiger partial charge < -0.3 is 10.4 Å². The highest BCUT2D eigenvalue weighted by atomic mass is 32.2. The Morgan fingerprint density at radius 3 is 2.87 bits per heavy atom. The summed E-state index contributed by atoms with van der Waals surface area (Å²) in [4.78, 5) is 1.28. The molecule has 0 amide bonds. The van der Waals surface area contributed by atoms with Crippen LogP contribution in [0, 0.1) is 6.92 Å². The van der Waals surface area contributed by atoms with Gasteiger partial charge in [-0.2, -0.15) is 0 Å². The van der Waals surface area contributed by atoms with Crippen molar-refractivity contribution in [1.29, 1.82) is 0 Å². The minimum atomic E-state index is 0.413. The Bertz CT molecular complexity index is 359. The first-order valence-corrected chi connectivity index (χ1v) is 6.55. The van der Waals surface area contributed by atoms with Crippen molar-refractivity contribution in [3.63, 3.8) is 0 Å². The van der Waals surface area contributed by atoms with Crippen LogP contribution in [0.4, 0.5) is 0 Å². The average molecular weight is 223 g/mol. The van der Waals surface area contributed by atoms with Gasteiger partial charge in [-0.25, -0.2) is 0 Å². The molecule has 2 nitrogen and oxygen atoms in total. The van der Waals surface area contributed by atoms with E-state index in [2.05, 4.69) is 17.6 Å². The lowest BCUT2D eigenvalue weighted by atomic mass is 10.0. The van der Waals surface area contributed by atoms with Crippen molar-refractivity contribution in [1.82, 2.24) is 5.32 Å². The fraction of sp³-hybridized carbons (Fsp3) is 0.500. The van der Waals surface area contributed by atoms with Crippen molar-refractivity contribution in [3.05, 3.63) is 23.3 Å². The maximum atomic E-state index is 9.74. The van der Waals surface area contributed by atoms with Crippen molar-refractivity contribution in [2.45, 2.75) is 30.7 Å². The zero-order valence-electron chi connectivity index (χ0n) is 9.21. The van der Waals surface area contributed by atoms with Gasteiger partial charge in [-0.15, -0.1) is 11.8 Å². The van der Waals surface area contributed by atoms with Gasteiger partial charge in [-0.3, -0.25) is 0 Å². The number of phenols is 1. The van der Waals surface area contributed by atoms with Crippen molar-refractivity contribution in [3.8, 4) is 5.75 Å². The fourth-order valence-electron chi connectivity index (χ4n) is 2.09. The van der Waals surface area contributed by atoms with Crippen LogP contribution >= 0.6 is 11.8 Å². The summed E-state index contributed by atoms with van der Waals surface area (Å²) in [6, 6.07) is 4.43. The molecule has 82 valence electrons. The second kappa shape index (κ2) is 4.45. The van der Waals surface area contributed by atoms with E-state index in [-0.39, 0.29) is 0 Å². The Kier molecular flexibility index (Phi) is 3.22. The largest absolute Gasteiger partial charge is 0.508 e. The molecule has 0 radical (unpaired) electrons. The van der Waals surface area contributed by atoms with E-state index in [1.165, 1.54) is 23.3 Å². The van der Waals surface area contributed by atoms with Crippen molar-refractivity contribution in [2.24, 2.45) is 0 Å². The molecule has 2 rings (SSSR count). The molecule has 1 unspecified atom stereocenters. The quantitative estimate of drug-likeness (QED) is 0.756. The molecule has 0 aliphatic carbocycles. The van der Waals surface area contributed by atoms with E-state index in [0.29, 0.717) is 11.8 Å². The molecule has 0 aromatic heterocycles. The number of aryl methyl sites for hydroxylation is 1. The van der Waals surface area contributed by atoms with Gasteiger partial charge in [-0.05, 0) is 55.8 Å². The molecule has 1 aliphatic heterocycles. The van der Waals surface area contributed by atoms with E-state index in [0.717, 1.165) is 12.1 Å². The number of aromatic hydroxyl groups is 1. The second-order valence-corrected chi connectivity index (χ2v) is 4.88. The Balaban J connectivity index is 2.39. The number of nitrogens with one attached hydrogen (secondary N) is 1. The van der Waals surface area contributed by atoms with E-state index in [4.69, 9.17) is 0 Å². The van der Waals surface area contributed by atoms with Crippen LogP contribution in [-0.2, 0) is 0 Å². The van der Waals surface area contributed by atoms with Crippen LogP contribution in [0.2, 0.25) is 0 Å². The Morgan fingerprint density at radius 2 is 2.27 bits per heavy atom. The lowest BCUT2D eigenvalue weighted by Crippen LogP contribution is -2.13. The summed E-state index contributed by atoms with van der Waals surface area (Å²) in [6.07, 6.45) is 4.49. The molecule has 1 fully saturated rings. The third-order valence-electron chi connectivity index (χ3n) is 2.98. The fourth-order valence-corrected chi connectivity index (χ4v) is 2.82. The van der Waals surface area contributed by atoms with Crippen molar-refractivity contribution >= 4 is 11.8 Å². The maximum absolute atomic E-state index is 9.74. The minimum absolute atomic E-state index is 0.413. The summed E-state index contributed by atoms with van der Waals surface area (Å²) >= 11 is 1.75. The third-order valence-corrected chi connectivity index (χ3v) is 3.78. The number of benzene rings is 1. The molecule has 1 aromatic carbocycles. The van der Waals surface area contributed by atoms with Crippen LogP contribution in [0.1, 0.15) is 30.0 Å². The zero-order chi connectivity index (χ0) is 10.8. The zero-order valence-corrected chi connectivity index (χ0v) is 10.0. The lowest BCUT2D eigenvalue weighted by molar-refractivity contribution is 0.467. The van der Waals surface area contributed by atoms with Gasteiger partial charge in [0.2, 0.25) is 0 Å². The number of rotatable bonds is 2. The SMILES string of the molecule is CSc1cc(C)c(O)cc1C1CCCN1. The minimum Gasteiger partial charge on any atom is -0.508 e. The number of phenolic OH excluding ortho intramolecular Hbond substituents is 1. The van der Waals surface area contributed by atoms with Gasteiger partial charge in [-0.1, -0.05) is 0 Å². The highest BCUT2D eigenvalue weighted by Crippen LogP contribution is 2.35. The van der Waals surface area contributed by atoms with Gasteiger partial charge in [0.15, 0.2) is 0 Å². The molecule has 1 saturated heterocycles. The van der Waals surface area contributed by atoms with Crippen LogP contribution in [0.25, 0.3) is 0 Å². The highest BCUT2D eigenvalue weighted by Gasteiger charge is 2.20. The predicted molar refractivity (Wildman–Crippen MR) is 64.6 cm³/mol. The Hall–Kier alpha value is -0.670. The molecule has 15 heavy (non-hydrogen) atoms.